The van der Waals surface area contributed by atoms with Crippen LogP contribution in [-0.4, -0.2) is 30.6 Å². The molecule has 2 nitrogen and oxygen atoms in total. The van der Waals surface area contributed by atoms with Crippen LogP contribution in [0.1, 0.15) is 45.1 Å². The summed E-state index contributed by atoms with van der Waals surface area (Å²) in [6, 6.07) is 10.8. The molecular weight excluding hydrogens is 244 g/mol. The average Bonchev–Trinajstić information content (AvgIpc) is 2.46. The molecule has 112 valence electrons. The number of nitrogens with two attached hydrogens (primary N) is 1. The molecule has 0 aliphatic heterocycles. The fourth-order valence-corrected chi connectivity index (χ4v) is 3.31. The number of likely N-dealkylation sites (N-methyl/N-ethyl adjacent to an activating group) is 1. The van der Waals surface area contributed by atoms with E-state index in [2.05, 4.69) is 56.1 Å². The van der Waals surface area contributed by atoms with Crippen molar-refractivity contribution in [3.8, 4) is 0 Å². The maximum absolute atomic E-state index is 6.16. The summed E-state index contributed by atoms with van der Waals surface area (Å²) in [5, 5.41) is 0. The van der Waals surface area contributed by atoms with Gasteiger partial charge in [-0.25, -0.2) is 0 Å². The van der Waals surface area contributed by atoms with Crippen LogP contribution in [0.5, 0.6) is 0 Å². The molecule has 1 fully saturated rings. The fourth-order valence-electron chi connectivity index (χ4n) is 3.31. The minimum atomic E-state index is 0.226. The van der Waals surface area contributed by atoms with Gasteiger partial charge < -0.3 is 5.73 Å². The quantitative estimate of drug-likeness (QED) is 0.891. The van der Waals surface area contributed by atoms with Crippen molar-refractivity contribution in [2.45, 2.75) is 51.5 Å². The van der Waals surface area contributed by atoms with Crippen molar-refractivity contribution in [1.82, 2.24) is 4.90 Å². The molecule has 0 spiro atoms. The van der Waals surface area contributed by atoms with E-state index < -0.39 is 0 Å². The highest BCUT2D eigenvalue weighted by Crippen LogP contribution is 2.42. The van der Waals surface area contributed by atoms with Crippen LogP contribution >= 0.6 is 0 Å². The Kier molecular flexibility index (Phi) is 4.87. The van der Waals surface area contributed by atoms with Crippen LogP contribution in [-0.2, 0) is 6.42 Å². The molecule has 0 unspecified atom stereocenters. The van der Waals surface area contributed by atoms with Crippen LogP contribution in [0.15, 0.2) is 30.3 Å². The topological polar surface area (TPSA) is 29.3 Å². The normalized spacial score (nSPS) is 21.1. The van der Waals surface area contributed by atoms with E-state index >= 15 is 0 Å². The summed E-state index contributed by atoms with van der Waals surface area (Å²) in [6.45, 7) is 6.66. The molecule has 0 radical (unpaired) electrons. The minimum absolute atomic E-state index is 0.226. The predicted molar refractivity (Wildman–Crippen MR) is 86.8 cm³/mol. The van der Waals surface area contributed by atoms with Gasteiger partial charge in [0.1, 0.15) is 0 Å². The van der Waals surface area contributed by atoms with Crippen molar-refractivity contribution in [3.63, 3.8) is 0 Å². The van der Waals surface area contributed by atoms with Crippen molar-refractivity contribution in [3.05, 3.63) is 35.9 Å². The number of rotatable bonds is 5. The van der Waals surface area contributed by atoms with Gasteiger partial charge in [0.15, 0.2) is 0 Å². The lowest BCUT2D eigenvalue weighted by Crippen LogP contribution is -2.55. The highest BCUT2D eigenvalue weighted by molar-refractivity contribution is 5.15. The summed E-state index contributed by atoms with van der Waals surface area (Å²) >= 11 is 0. The monoisotopic (exact) mass is 274 g/mol. The van der Waals surface area contributed by atoms with Gasteiger partial charge in [-0.2, -0.15) is 0 Å². The summed E-state index contributed by atoms with van der Waals surface area (Å²) < 4.78 is 0. The van der Waals surface area contributed by atoms with Crippen LogP contribution in [0.4, 0.5) is 0 Å². The summed E-state index contributed by atoms with van der Waals surface area (Å²) in [4.78, 5) is 2.52. The number of hydrogen-bond donors (Lipinski definition) is 1. The molecule has 1 aromatic carbocycles. The lowest BCUT2D eigenvalue weighted by molar-refractivity contribution is 0.0424. The predicted octanol–water partition coefficient (Wildman–Crippen LogP) is 3.46. The van der Waals surface area contributed by atoms with Gasteiger partial charge >= 0.3 is 0 Å². The third-order valence-corrected chi connectivity index (χ3v) is 5.30. The molecule has 0 bridgehead atoms. The van der Waals surface area contributed by atoms with E-state index in [9.17, 15) is 0 Å². The van der Waals surface area contributed by atoms with Gasteiger partial charge in [0.25, 0.3) is 0 Å². The van der Waals surface area contributed by atoms with Gasteiger partial charge in [-0.3, -0.25) is 4.90 Å². The molecule has 20 heavy (non-hydrogen) atoms. The van der Waals surface area contributed by atoms with Gasteiger partial charge in [0, 0.05) is 18.6 Å². The molecule has 2 rings (SSSR count). The first kappa shape index (κ1) is 15.5. The summed E-state index contributed by atoms with van der Waals surface area (Å²) in [5.74, 6) is 0. The summed E-state index contributed by atoms with van der Waals surface area (Å²) in [7, 11) is 2.26. The second-order valence-corrected chi connectivity index (χ2v) is 7.25. The van der Waals surface area contributed by atoms with Crippen LogP contribution < -0.4 is 5.73 Å². The molecule has 1 aliphatic carbocycles. The molecular formula is C18H30N2. The van der Waals surface area contributed by atoms with Gasteiger partial charge in [-0.1, -0.05) is 44.2 Å². The third-order valence-electron chi connectivity index (χ3n) is 5.30. The highest BCUT2D eigenvalue weighted by Gasteiger charge is 2.39. The first-order chi connectivity index (χ1) is 9.47. The van der Waals surface area contributed by atoms with Crippen LogP contribution in [0.2, 0.25) is 0 Å². The molecule has 2 heteroatoms. The van der Waals surface area contributed by atoms with Crippen molar-refractivity contribution in [1.29, 1.82) is 0 Å². The Bertz CT molecular complexity index is 401. The maximum atomic E-state index is 6.16. The van der Waals surface area contributed by atoms with E-state index in [1.165, 1.54) is 31.2 Å². The molecule has 0 amide bonds. The zero-order chi connectivity index (χ0) is 14.6. The van der Waals surface area contributed by atoms with Crippen LogP contribution in [0.3, 0.4) is 0 Å². The molecule has 0 atom stereocenters. The van der Waals surface area contributed by atoms with Gasteiger partial charge in [0.05, 0.1) is 0 Å². The average molecular weight is 274 g/mol. The zero-order valence-corrected chi connectivity index (χ0v) is 13.4. The Balaban J connectivity index is 1.94. The third kappa shape index (κ3) is 3.62. The number of hydrogen-bond acceptors (Lipinski definition) is 2. The van der Waals surface area contributed by atoms with Crippen molar-refractivity contribution in [2.75, 3.05) is 20.1 Å². The zero-order valence-electron chi connectivity index (χ0n) is 13.4. The van der Waals surface area contributed by atoms with E-state index in [1.54, 1.807) is 0 Å². The Morgan fingerprint density at radius 1 is 1.05 bits per heavy atom. The molecule has 0 heterocycles. The van der Waals surface area contributed by atoms with E-state index in [0.29, 0.717) is 5.41 Å². The van der Waals surface area contributed by atoms with Crippen molar-refractivity contribution < 1.29 is 0 Å². The van der Waals surface area contributed by atoms with E-state index in [4.69, 9.17) is 5.73 Å². The molecule has 1 saturated carbocycles. The van der Waals surface area contributed by atoms with E-state index in [-0.39, 0.29) is 5.54 Å². The maximum Gasteiger partial charge on any atom is 0.0329 e. The Labute approximate surface area is 124 Å². The minimum Gasteiger partial charge on any atom is -0.329 e. The Hall–Kier alpha value is -0.860. The molecule has 2 N–H and O–H groups in total. The first-order valence-electron chi connectivity index (χ1n) is 7.93. The lowest BCUT2D eigenvalue weighted by Gasteiger charge is -2.48. The van der Waals surface area contributed by atoms with E-state index in [0.717, 1.165) is 19.5 Å². The van der Waals surface area contributed by atoms with Crippen molar-refractivity contribution >= 4 is 0 Å². The largest absolute Gasteiger partial charge is 0.329 e. The van der Waals surface area contributed by atoms with Gasteiger partial charge in [-0.05, 0) is 50.1 Å². The van der Waals surface area contributed by atoms with Gasteiger partial charge in [0.2, 0.25) is 0 Å². The second-order valence-electron chi connectivity index (χ2n) is 7.25. The molecule has 0 saturated heterocycles. The highest BCUT2D eigenvalue weighted by atomic mass is 15.2. The molecule has 1 aromatic rings. The van der Waals surface area contributed by atoms with Crippen LogP contribution in [0.25, 0.3) is 0 Å². The van der Waals surface area contributed by atoms with Crippen molar-refractivity contribution in [2.24, 2.45) is 11.1 Å². The smallest absolute Gasteiger partial charge is 0.0329 e. The van der Waals surface area contributed by atoms with E-state index in [1.807, 2.05) is 0 Å². The SMILES string of the molecule is CN(CCc1ccccc1)C1(CN)CCC(C)(C)CC1. The Morgan fingerprint density at radius 3 is 2.20 bits per heavy atom. The van der Waals surface area contributed by atoms with Crippen LogP contribution in [0, 0.1) is 5.41 Å². The second kappa shape index (κ2) is 6.28. The Morgan fingerprint density at radius 2 is 1.65 bits per heavy atom. The fraction of sp³-hybridized carbons (Fsp3) is 0.667. The summed E-state index contributed by atoms with van der Waals surface area (Å²) in [5.41, 5.74) is 8.30. The molecule has 1 aliphatic rings. The molecule has 0 aromatic heterocycles. The number of nitrogens with zero attached hydrogens (tertiary/aromatic N) is 1. The first-order valence-corrected chi connectivity index (χ1v) is 7.93. The summed E-state index contributed by atoms with van der Waals surface area (Å²) in [6.07, 6.45) is 6.17. The standard InChI is InChI=1S/C18H30N2/c1-17(2)10-12-18(15-19,13-11-17)20(3)14-9-16-7-5-4-6-8-16/h4-8H,9-15,19H2,1-3H3. The van der Waals surface area contributed by atoms with Gasteiger partial charge in [-0.15, -0.1) is 0 Å². The number of benzene rings is 1. The lowest BCUT2D eigenvalue weighted by atomic mass is 9.69.